The second-order valence-corrected chi connectivity index (χ2v) is 4.75. The van der Waals surface area contributed by atoms with Gasteiger partial charge < -0.3 is 10.5 Å². The summed E-state index contributed by atoms with van der Waals surface area (Å²) in [4.78, 5) is 0. The molecule has 2 rings (SSSR count). The molecule has 0 spiro atoms. The molecule has 0 saturated heterocycles. The van der Waals surface area contributed by atoms with Crippen molar-refractivity contribution < 1.29 is 4.74 Å². The summed E-state index contributed by atoms with van der Waals surface area (Å²) in [5.41, 5.74) is 12.0. The molecule has 0 aliphatic heterocycles. The molecule has 0 fully saturated rings. The molecular weight excluding hydrogens is 234 g/mol. The van der Waals surface area contributed by atoms with Crippen molar-refractivity contribution in [1.29, 1.82) is 0 Å². The van der Waals surface area contributed by atoms with Crippen LogP contribution in [0.5, 0.6) is 5.75 Å². The van der Waals surface area contributed by atoms with Gasteiger partial charge in [-0.25, -0.2) is 0 Å². The van der Waals surface area contributed by atoms with Gasteiger partial charge in [-0.3, -0.25) is 0 Å². The molecule has 2 heteroatoms. The minimum atomic E-state index is 0.598. The van der Waals surface area contributed by atoms with Crippen molar-refractivity contribution in [2.75, 3.05) is 6.61 Å². The first-order chi connectivity index (χ1) is 9.15. The van der Waals surface area contributed by atoms with E-state index in [2.05, 4.69) is 38.1 Å². The van der Waals surface area contributed by atoms with Crippen LogP contribution >= 0.6 is 0 Å². The Morgan fingerprint density at radius 1 is 0.947 bits per heavy atom. The number of benzene rings is 2. The van der Waals surface area contributed by atoms with Crippen LogP contribution in [0.4, 0.5) is 0 Å². The van der Waals surface area contributed by atoms with Crippen LogP contribution in [0.2, 0.25) is 0 Å². The lowest BCUT2D eigenvalue weighted by Gasteiger charge is -2.12. The smallest absolute Gasteiger partial charge is 0.119 e. The second kappa shape index (κ2) is 5.89. The Kier molecular flexibility index (Phi) is 4.23. The van der Waals surface area contributed by atoms with Gasteiger partial charge in [0.15, 0.2) is 0 Å². The first-order valence-corrected chi connectivity index (χ1v) is 6.69. The minimum absolute atomic E-state index is 0.598. The quantitative estimate of drug-likeness (QED) is 0.901. The molecule has 2 aromatic rings. The molecule has 100 valence electrons. The van der Waals surface area contributed by atoms with Gasteiger partial charge >= 0.3 is 0 Å². The summed E-state index contributed by atoms with van der Waals surface area (Å²) in [5.74, 6) is 0.915. The molecule has 0 unspecified atom stereocenters. The van der Waals surface area contributed by atoms with E-state index in [0.29, 0.717) is 13.2 Å². The van der Waals surface area contributed by atoms with E-state index in [1.165, 1.54) is 27.8 Å². The first kappa shape index (κ1) is 13.6. The highest BCUT2D eigenvalue weighted by atomic mass is 16.5. The lowest BCUT2D eigenvalue weighted by Crippen LogP contribution is -2.02. The van der Waals surface area contributed by atoms with Crippen molar-refractivity contribution in [2.45, 2.75) is 27.3 Å². The van der Waals surface area contributed by atoms with Crippen molar-refractivity contribution in [3.8, 4) is 16.9 Å². The first-order valence-electron chi connectivity index (χ1n) is 6.69. The fraction of sp³-hybridized carbons (Fsp3) is 0.294. The van der Waals surface area contributed by atoms with E-state index in [-0.39, 0.29) is 0 Å². The van der Waals surface area contributed by atoms with Crippen molar-refractivity contribution in [3.63, 3.8) is 0 Å². The van der Waals surface area contributed by atoms with E-state index in [0.717, 1.165) is 5.75 Å². The van der Waals surface area contributed by atoms with E-state index < -0.39 is 0 Å². The zero-order valence-corrected chi connectivity index (χ0v) is 11.9. The average Bonchev–Trinajstić information content (AvgIpc) is 2.39. The van der Waals surface area contributed by atoms with Crippen molar-refractivity contribution in [3.05, 3.63) is 53.1 Å². The molecule has 0 bridgehead atoms. The molecule has 19 heavy (non-hydrogen) atoms. The Morgan fingerprint density at radius 3 is 2.00 bits per heavy atom. The van der Waals surface area contributed by atoms with Crippen LogP contribution in [0.1, 0.15) is 23.6 Å². The molecular formula is C17H21NO. The zero-order valence-electron chi connectivity index (χ0n) is 11.9. The molecule has 0 aliphatic rings. The van der Waals surface area contributed by atoms with Crippen LogP contribution in [0.15, 0.2) is 36.4 Å². The second-order valence-electron chi connectivity index (χ2n) is 4.75. The van der Waals surface area contributed by atoms with Gasteiger partial charge in [0.25, 0.3) is 0 Å². The molecule has 0 heterocycles. The third-order valence-corrected chi connectivity index (χ3v) is 3.40. The van der Waals surface area contributed by atoms with Gasteiger partial charge in [-0.2, -0.15) is 0 Å². The summed E-state index contributed by atoms with van der Waals surface area (Å²) >= 11 is 0. The maximum Gasteiger partial charge on any atom is 0.119 e. The van der Waals surface area contributed by atoms with Crippen LogP contribution in [0.3, 0.4) is 0 Å². The predicted molar refractivity (Wildman–Crippen MR) is 80.4 cm³/mol. The van der Waals surface area contributed by atoms with E-state index >= 15 is 0 Å². The fourth-order valence-electron chi connectivity index (χ4n) is 2.39. The highest BCUT2D eigenvalue weighted by Gasteiger charge is 2.05. The number of aryl methyl sites for hydroxylation is 2. The maximum atomic E-state index is 5.78. The minimum Gasteiger partial charge on any atom is -0.494 e. The van der Waals surface area contributed by atoms with E-state index in [9.17, 15) is 0 Å². The molecule has 0 aliphatic carbocycles. The summed E-state index contributed by atoms with van der Waals surface area (Å²) in [7, 11) is 0. The molecule has 2 N–H and O–H groups in total. The Hall–Kier alpha value is -1.80. The number of hydrogen-bond acceptors (Lipinski definition) is 2. The number of hydrogen-bond donors (Lipinski definition) is 1. The highest BCUT2D eigenvalue weighted by molar-refractivity contribution is 5.67. The summed E-state index contributed by atoms with van der Waals surface area (Å²) in [6.45, 7) is 7.52. The van der Waals surface area contributed by atoms with Crippen LogP contribution < -0.4 is 10.5 Å². The summed E-state index contributed by atoms with van der Waals surface area (Å²) < 4.78 is 5.46. The number of ether oxygens (including phenoxy) is 1. The van der Waals surface area contributed by atoms with Gasteiger partial charge in [-0.1, -0.05) is 24.3 Å². The standard InChI is InChI=1S/C17H21NO/c1-4-19-16-7-5-14(6-8-16)15-9-12(2)17(11-18)13(3)10-15/h5-10H,4,11,18H2,1-3H3. The van der Waals surface area contributed by atoms with Gasteiger partial charge in [0.05, 0.1) is 6.61 Å². The van der Waals surface area contributed by atoms with Gasteiger partial charge in [-0.15, -0.1) is 0 Å². The van der Waals surface area contributed by atoms with Crippen molar-refractivity contribution in [2.24, 2.45) is 5.73 Å². The molecule has 0 radical (unpaired) electrons. The monoisotopic (exact) mass is 255 g/mol. The topological polar surface area (TPSA) is 35.2 Å². The molecule has 0 amide bonds. The average molecular weight is 255 g/mol. The predicted octanol–water partition coefficient (Wildman–Crippen LogP) is 3.83. The maximum absolute atomic E-state index is 5.78. The molecule has 0 atom stereocenters. The third kappa shape index (κ3) is 2.96. The zero-order chi connectivity index (χ0) is 13.8. The summed E-state index contributed by atoms with van der Waals surface area (Å²) in [6.07, 6.45) is 0. The third-order valence-electron chi connectivity index (χ3n) is 3.40. The van der Waals surface area contributed by atoms with E-state index in [4.69, 9.17) is 10.5 Å². The van der Waals surface area contributed by atoms with Gasteiger partial charge in [0.2, 0.25) is 0 Å². The van der Waals surface area contributed by atoms with Crippen LogP contribution in [-0.2, 0) is 6.54 Å². The highest BCUT2D eigenvalue weighted by Crippen LogP contribution is 2.26. The van der Waals surface area contributed by atoms with Crippen LogP contribution in [-0.4, -0.2) is 6.61 Å². The van der Waals surface area contributed by atoms with Gasteiger partial charge in [-0.05, 0) is 60.7 Å². The molecule has 0 saturated carbocycles. The number of nitrogens with two attached hydrogens (primary N) is 1. The SMILES string of the molecule is CCOc1ccc(-c2cc(C)c(CN)c(C)c2)cc1. The van der Waals surface area contributed by atoms with E-state index in [1.54, 1.807) is 0 Å². The Morgan fingerprint density at radius 2 is 1.53 bits per heavy atom. The Labute approximate surface area is 115 Å². The Bertz CT molecular complexity index is 535. The Balaban J connectivity index is 2.36. The summed E-state index contributed by atoms with van der Waals surface area (Å²) in [6, 6.07) is 12.6. The molecule has 0 aromatic heterocycles. The van der Waals surface area contributed by atoms with Crippen molar-refractivity contribution in [1.82, 2.24) is 0 Å². The van der Waals surface area contributed by atoms with Crippen LogP contribution in [0.25, 0.3) is 11.1 Å². The largest absolute Gasteiger partial charge is 0.494 e. The number of rotatable bonds is 4. The summed E-state index contributed by atoms with van der Waals surface area (Å²) in [5, 5.41) is 0. The lowest BCUT2D eigenvalue weighted by atomic mass is 9.95. The normalized spacial score (nSPS) is 10.5. The van der Waals surface area contributed by atoms with Crippen LogP contribution in [0, 0.1) is 13.8 Å². The van der Waals surface area contributed by atoms with Gasteiger partial charge in [0.1, 0.15) is 5.75 Å². The lowest BCUT2D eigenvalue weighted by molar-refractivity contribution is 0.340. The van der Waals surface area contributed by atoms with Gasteiger partial charge in [0, 0.05) is 6.54 Å². The molecule has 2 nitrogen and oxygen atoms in total. The molecule has 2 aromatic carbocycles. The van der Waals surface area contributed by atoms with Crippen molar-refractivity contribution >= 4 is 0 Å². The fourth-order valence-corrected chi connectivity index (χ4v) is 2.39. The van der Waals surface area contributed by atoms with E-state index in [1.807, 2.05) is 19.1 Å².